The first-order valence-electron chi connectivity index (χ1n) is 19.5. The summed E-state index contributed by atoms with van der Waals surface area (Å²) >= 11 is 0. The standard InChI is InChI=1S/C54H34N2O/c1-4-13-35(14-5-1)43-20-10-11-21-46(43)56(42-33-39-24-23-36-15-12-22-49-53(36)54(39)50(34-42)57-49)48-32-28-38-25-29-44-47(31-27-37-26-30-45(48)52(38)51(37)44)55(40-16-6-2-7-17-40)41-18-8-3-9-19-41/h1-34H. The molecule has 0 spiro atoms. The number of benzene rings is 11. The van der Waals surface area contributed by atoms with Crippen molar-refractivity contribution in [2.24, 2.45) is 0 Å². The molecular formula is C54H34N2O. The third-order valence-corrected chi connectivity index (χ3v) is 11.7. The van der Waals surface area contributed by atoms with Crippen LogP contribution in [0.5, 0.6) is 0 Å². The normalized spacial score (nSPS) is 11.9. The molecule has 0 amide bonds. The fraction of sp³-hybridized carbons (Fsp3) is 0. The molecule has 266 valence electrons. The lowest BCUT2D eigenvalue weighted by Gasteiger charge is -2.30. The van der Waals surface area contributed by atoms with Gasteiger partial charge in [0.1, 0.15) is 11.2 Å². The Morgan fingerprint density at radius 3 is 1.51 bits per heavy atom. The van der Waals surface area contributed by atoms with E-state index < -0.39 is 0 Å². The molecule has 0 N–H and O–H groups in total. The van der Waals surface area contributed by atoms with Crippen LogP contribution >= 0.6 is 0 Å². The van der Waals surface area contributed by atoms with Crippen molar-refractivity contribution in [2.75, 3.05) is 9.80 Å². The molecule has 0 atom stereocenters. The zero-order chi connectivity index (χ0) is 37.5. The molecule has 1 heterocycles. The van der Waals surface area contributed by atoms with Crippen molar-refractivity contribution < 1.29 is 4.42 Å². The van der Waals surface area contributed by atoms with Crippen LogP contribution in [-0.4, -0.2) is 0 Å². The van der Waals surface area contributed by atoms with Gasteiger partial charge in [-0.1, -0.05) is 146 Å². The van der Waals surface area contributed by atoms with Crippen molar-refractivity contribution in [1.82, 2.24) is 0 Å². The van der Waals surface area contributed by atoms with Crippen LogP contribution in [-0.2, 0) is 0 Å². The Morgan fingerprint density at radius 2 is 0.825 bits per heavy atom. The maximum atomic E-state index is 6.65. The summed E-state index contributed by atoms with van der Waals surface area (Å²) in [5.41, 5.74) is 10.8. The lowest BCUT2D eigenvalue weighted by atomic mass is 9.91. The molecule has 0 bridgehead atoms. The highest BCUT2D eigenvalue weighted by Gasteiger charge is 2.25. The molecule has 0 unspecified atom stereocenters. The predicted molar refractivity (Wildman–Crippen MR) is 241 cm³/mol. The molecule has 1 aromatic heterocycles. The Hall–Kier alpha value is -7.62. The second kappa shape index (κ2) is 12.5. The SMILES string of the molecule is c1ccc(-c2ccccc2N(c2cc3ccc4cccc5oc(c2)c3c45)c2ccc3ccc4c(N(c5ccccc5)c5ccccc5)ccc5ccc2c3c54)cc1. The maximum Gasteiger partial charge on any atom is 0.138 e. The van der Waals surface area contributed by atoms with E-state index in [1.165, 1.54) is 48.5 Å². The van der Waals surface area contributed by atoms with E-state index in [1.807, 2.05) is 0 Å². The quantitative estimate of drug-likeness (QED) is 0.153. The van der Waals surface area contributed by atoms with Crippen LogP contribution in [0.4, 0.5) is 34.1 Å². The summed E-state index contributed by atoms with van der Waals surface area (Å²) in [5.74, 6) is 0. The number of hydrogen-bond acceptors (Lipinski definition) is 3. The molecular weight excluding hydrogens is 693 g/mol. The number of rotatable bonds is 7. The number of para-hydroxylation sites is 3. The van der Waals surface area contributed by atoms with E-state index in [-0.39, 0.29) is 0 Å². The monoisotopic (exact) mass is 726 g/mol. The van der Waals surface area contributed by atoms with Gasteiger partial charge in [-0.05, 0) is 92.5 Å². The van der Waals surface area contributed by atoms with Crippen molar-refractivity contribution >= 4 is 99.2 Å². The van der Waals surface area contributed by atoms with Gasteiger partial charge >= 0.3 is 0 Å². The fourth-order valence-corrected chi connectivity index (χ4v) is 9.25. The second-order valence-corrected chi connectivity index (χ2v) is 14.9. The van der Waals surface area contributed by atoms with Crippen LogP contribution in [0, 0.1) is 0 Å². The molecule has 0 aliphatic heterocycles. The summed E-state index contributed by atoms with van der Waals surface area (Å²) in [6.07, 6.45) is 0. The van der Waals surface area contributed by atoms with Gasteiger partial charge in [-0.15, -0.1) is 0 Å². The van der Waals surface area contributed by atoms with Crippen molar-refractivity contribution in [3.05, 3.63) is 206 Å². The van der Waals surface area contributed by atoms with Gasteiger partial charge in [-0.25, -0.2) is 0 Å². The Bertz CT molecular complexity index is 3370. The average Bonchev–Trinajstić information content (AvgIpc) is 3.66. The number of nitrogens with zero attached hydrogens (tertiary/aromatic N) is 2. The third-order valence-electron chi connectivity index (χ3n) is 11.7. The van der Waals surface area contributed by atoms with Gasteiger partial charge in [0.15, 0.2) is 0 Å². The molecule has 0 fully saturated rings. The molecule has 3 heteroatoms. The summed E-state index contributed by atoms with van der Waals surface area (Å²) in [4.78, 5) is 4.82. The Kier molecular flexibility index (Phi) is 6.93. The van der Waals surface area contributed by atoms with Gasteiger partial charge in [0.05, 0.1) is 22.7 Å². The van der Waals surface area contributed by atoms with E-state index in [0.29, 0.717) is 0 Å². The molecule has 0 radical (unpaired) electrons. The highest BCUT2D eigenvalue weighted by Crippen LogP contribution is 2.50. The summed E-state index contributed by atoms with van der Waals surface area (Å²) in [6.45, 7) is 0. The van der Waals surface area contributed by atoms with Crippen molar-refractivity contribution in [3.63, 3.8) is 0 Å². The molecule has 57 heavy (non-hydrogen) atoms. The molecule has 0 aliphatic rings. The number of anilines is 6. The van der Waals surface area contributed by atoms with Gasteiger partial charge in [0.2, 0.25) is 0 Å². The summed E-state index contributed by atoms with van der Waals surface area (Å²) < 4.78 is 6.65. The first-order valence-corrected chi connectivity index (χ1v) is 19.5. The molecule has 0 saturated carbocycles. The zero-order valence-corrected chi connectivity index (χ0v) is 30.9. The Morgan fingerprint density at radius 1 is 0.298 bits per heavy atom. The summed E-state index contributed by atoms with van der Waals surface area (Å²) in [5, 5.41) is 12.1. The van der Waals surface area contributed by atoms with E-state index >= 15 is 0 Å². The molecule has 12 aromatic rings. The molecule has 0 saturated heterocycles. The molecule has 11 aromatic carbocycles. The Balaban J connectivity index is 1.15. The first-order chi connectivity index (χ1) is 28.3. The van der Waals surface area contributed by atoms with E-state index in [9.17, 15) is 0 Å². The highest BCUT2D eigenvalue weighted by molar-refractivity contribution is 6.28. The van der Waals surface area contributed by atoms with Crippen LogP contribution in [0.1, 0.15) is 0 Å². The minimum absolute atomic E-state index is 0.890. The van der Waals surface area contributed by atoms with Crippen LogP contribution in [0.25, 0.3) is 76.2 Å². The van der Waals surface area contributed by atoms with E-state index in [2.05, 4.69) is 216 Å². The lowest BCUT2D eigenvalue weighted by molar-refractivity contribution is 0.669. The Labute approximate surface area is 329 Å². The zero-order valence-electron chi connectivity index (χ0n) is 30.9. The van der Waals surface area contributed by atoms with Crippen LogP contribution in [0.2, 0.25) is 0 Å². The third kappa shape index (κ3) is 4.86. The van der Waals surface area contributed by atoms with E-state index in [4.69, 9.17) is 4.42 Å². The minimum atomic E-state index is 0.890. The van der Waals surface area contributed by atoms with Crippen LogP contribution < -0.4 is 9.80 Å². The van der Waals surface area contributed by atoms with Gasteiger partial charge in [0.25, 0.3) is 0 Å². The fourth-order valence-electron chi connectivity index (χ4n) is 9.25. The summed E-state index contributed by atoms with van der Waals surface area (Å²) in [7, 11) is 0. The van der Waals surface area contributed by atoms with Crippen LogP contribution in [0.15, 0.2) is 211 Å². The maximum absolute atomic E-state index is 6.65. The smallest absolute Gasteiger partial charge is 0.138 e. The topological polar surface area (TPSA) is 19.6 Å². The van der Waals surface area contributed by atoms with Crippen LogP contribution in [0.3, 0.4) is 0 Å². The number of hydrogen-bond donors (Lipinski definition) is 0. The average molecular weight is 727 g/mol. The number of furan rings is 1. The molecule has 0 aliphatic carbocycles. The van der Waals surface area contributed by atoms with Gasteiger partial charge in [0, 0.05) is 44.5 Å². The van der Waals surface area contributed by atoms with Crippen molar-refractivity contribution in [3.8, 4) is 11.1 Å². The van der Waals surface area contributed by atoms with Crippen molar-refractivity contribution in [1.29, 1.82) is 0 Å². The molecule has 3 nitrogen and oxygen atoms in total. The van der Waals surface area contributed by atoms with Crippen molar-refractivity contribution in [2.45, 2.75) is 0 Å². The second-order valence-electron chi connectivity index (χ2n) is 14.9. The van der Waals surface area contributed by atoms with E-state index in [0.717, 1.165) is 61.8 Å². The minimum Gasteiger partial charge on any atom is -0.456 e. The van der Waals surface area contributed by atoms with Gasteiger partial charge in [-0.2, -0.15) is 0 Å². The highest BCUT2D eigenvalue weighted by atomic mass is 16.3. The largest absolute Gasteiger partial charge is 0.456 e. The van der Waals surface area contributed by atoms with Gasteiger partial charge < -0.3 is 14.2 Å². The lowest BCUT2D eigenvalue weighted by Crippen LogP contribution is -2.12. The molecule has 12 rings (SSSR count). The van der Waals surface area contributed by atoms with E-state index in [1.54, 1.807) is 0 Å². The van der Waals surface area contributed by atoms with Gasteiger partial charge in [-0.3, -0.25) is 0 Å². The first kappa shape index (κ1) is 31.7. The summed E-state index contributed by atoms with van der Waals surface area (Å²) in [6, 6.07) is 74.5. The predicted octanol–water partition coefficient (Wildman–Crippen LogP) is 15.7.